The Balaban J connectivity index is 1.31. The van der Waals surface area contributed by atoms with Crippen molar-refractivity contribution in [3.8, 4) is 0 Å². The predicted octanol–water partition coefficient (Wildman–Crippen LogP) is 4.50. The van der Waals surface area contributed by atoms with Crippen LogP contribution in [0.1, 0.15) is 126 Å². The van der Waals surface area contributed by atoms with Gasteiger partial charge in [0.2, 0.25) is 5.91 Å². The minimum Gasteiger partial charge on any atom is -0.477 e. The molecule has 1 aliphatic heterocycles. The highest BCUT2D eigenvalue weighted by Crippen LogP contribution is 2.76. The lowest BCUT2D eigenvalue weighted by Gasteiger charge is -2.71. The number of rotatable bonds is 8. The third kappa shape index (κ3) is 6.10. The summed E-state index contributed by atoms with van der Waals surface area (Å²) in [6, 6.07) is -1.25. The van der Waals surface area contributed by atoms with E-state index in [9.17, 15) is 39.9 Å². The Bertz CT molecular complexity index is 1530. The van der Waals surface area contributed by atoms with Crippen LogP contribution in [-0.2, 0) is 28.6 Å². The van der Waals surface area contributed by atoms with Gasteiger partial charge in [-0.25, -0.2) is 4.79 Å². The average molecular weight is 762 g/mol. The van der Waals surface area contributed by atoms with Gasteiger partial charge < -0.3 is 45.1 Å². The maximum atomic E-state index is 13.6. The number of esters is 1. The summed E-state index contributed by atoms with van der Waals surface area (Å²) in [5, 5.41) is 55.4. The van der Waals surface area contributed by atoms with Crippen LogP contribution in [0.15, 0.2) is 11.6 Å². The van der Waals surface area contributed by atoms with Gasteiger partial charge in [0.05, 0.1) is 37.4 Å². The lowest BCUT2D eigenvalue weighted by atomic mass is 9.33. The number of carbonyl (C=O) groups is 3. The number of aliphatic hydroxyl groups is 4. The SMILES string of the molecule is COC(=O)[C@]12CCC(C)(C)C[C@H]1C1=CC[C@@H]3[C@@]4(C)CC[C@H](O[C@]5(C(=O)O)C[C@H](O)[C@@H](NC(C)=O)[C@H]([C@H](O)[C@H](O)CO)O5)C(C)(C)[C@@H]4CC[C@@]3(C)[C@]1(C)CC2. The number of carboxylic acid groups (broad SMARTS) is 1. The second-order valence-corrected chi connectivity index (χ2v) is 20.2. The molecule has 1 amide bonds. The number of fused-ring (bicyclic) bond motifs is 7. The molecule has 12 heteroatoms. The summed E-state index contributed by atoms with van der Waals surface area (Å²) in [4.78, 5) is 38.8. The van der Waals surface area contributed by atoms with Gasteiger partial charge in [-0.05, 0) is 109 Å². The first kappa shape index (κ1) is 41.5. The van der Waals surface area contributed by atoms with Crippen LogP contribution in [0, 0.1) is 50.2 Å². The molecule has 0 unspecified atom stereocenters. The second-order valence-electron chi connectivity index (χ2n) is 20.2. The Hall–Kier alpha value is -2.09. The van der Waals surface area contributed by atoms with Crippen molar-refractivity contribution < 1.29 is 54.1 Å². The van der Waals surface area contributed by atoms with E-state index < -0.39 is 78.1 Å². The first-order valence-corrected chi connectivity index (χ1v) is 20.3. The number of carbonyl (C=O) groups excluding carboxylic acids is 2. The van der Waals surface area contributed by atoms with E-state index in [0.717, 1.165) is 57.8 Å². The molecule has 0 bridgehead atoms. The maximum absolute atomic E-state index is 13.6. The molecule has 306 valence electrons. The molecule has 6 N–H and O–H groups in total. The molecule has 14 atom stereocenters. The van der Waals surface area contributed by atoms with Gasteiger partial charge in [0.1, 0.15) is 18.3 Å². The summed E-state index contributed by atoms with van der Waals surface area (Å²) in [6.07, 6.45) is 3.50. The van der Waals surface area contributed by atoms with Gasteiger partial charge >= 0.3 is 11.9 Å². The first-order valence-electron chi connectivity index (χ1n) is 20.3. The number of aliphatic hydroxyl groups excluding tert-OH is 4. The average Bonchev–Trinajstić information content (AvgIpc) is 3.09. The van der Waals surface area contributed by atoms with E-state index in [1.165, 1.54) is 19.6 Å². The molecule has 6 aliphatic rings. The topological polar surface area (TPSA) is 192 Å². The number of hydrogen-bond acceptors (Lipinski definition) is 10. The summed E-state index contributed by atoms with van der Waals surface area (Å²) in [7, 11) is 1.53. The van der Waals surface area contributed by atoms with Crippen molar-refractivity contribution >= 4 is 17.8 Å². The molecule has 12 nitrogen and oxygen atoms in total. The molecule has 5 fully saturated rings. The van der Waals surface area contributed by atoms with Crippen LogP contribution in [0.25, 0.3) is 0 Å². The Morgan fingerprint density at radius 3 is 2.22 bits per heavy atom. The minimum absolute atomic E-state index is 0.0233. The number of nitrogens with one attached hydrogen (secondary N) is 1. The normalized spacial score (nSPS) is 46.2. The fourth-order valence-electron chi connectivity index (χ4n) is 13.5. The summed E-state index contributed by atoms with van der Waals surface area (Å²) in [5.41, 5.74) is 0.385. The largest absolute Gasteiger partial charge is 0.477 e. The number of ether oxygens (including phenoxy) is 3. The van der Waals surface area contributed by atoms with Gasteiger partial charge in [0, 0.05) is 13.3 Å². The van der Waals surface area contributed by atoms with E-state index in [2.05, 4.69) is 59.9 Å². The highest BCUT2D eigenvalue weighted by atomic mass is 16.7. The third-order valence-corrected chi connectivity index (χ3v) is 16.7. The molecule has 0 radical (unpaired) electrons. The Morgan fingerprint density at radius 2 is 1.61 bits per heavy atom. The summed E-state index contributed by atoms with van der Waals surface area (Å²) in [5.74, 6) is -3.81. The number of methoxy groups -OCH3 is 1. The van der Waals surface area contributed by atoms with Crippen LogP contribution < -0.4 is 5.32 Å². The van der Waals surface area contributed by atoms with Crippen LogP contribution in [0.5, 0.6) is 0 Å². The van der Waals surface area contributed by atoms with E-state index in [1.54, 1.807) is 0 Å². The molecule has 0 spiro atoms. The molecule has 1 saturated heterocycles. The van der Waals surface area contributed by atoms with Gasteiger partial charge in [-0.15, -0.1) is 0 Å². The highest BCUT2D eigenvalue weighted by molar-refractivity contribution is 5.79. The fourth-order valence-corrected chi connectivity index (χ4v) is 13.5. The fraction of sp³-hybridized carbons (Fsp3) is 0.881. The van der Waals surface area contributed by atoms with Crippen molar-refractivity contribution in [1.29, 1.82) is 0 Å². The lowest BCUT2D eigenvalue weighted by molar-refractivity contribution is -0.342. The van der Waals surface area contributed by atoms with Crippen molar-refractivity contribution in [1.82, 2.24) is 5.32 Å². The standard InChI is InChI=1S/C42H67NO11/c1-23(45)43-31-26(46)21-42(34(49)50,54-33(31)32(48)27(47)22-44)53-30-13-14-38(6)28(37(30,4)5)12-15-40(8)29(38)11-10-24-25-20-36(2,3)16-18-41(25,35(51)52-9)19-17-39(24,40)7/h10,25-33,44,46-48H,11-22H2,1-9H3,(H,43,45)(H,49,50)/t25-,26-,27+,28-,29+,30-,31+,32+,33+,38-,39+,40+,41-,42+/m0/s1. The van der Waals surface area contributed by atoms with E-state index in [0.29, 0.717) is 12.3 Å². The lowest BCUT2D eigenvalue weighted by Crippen LogP contribution is -2.69. The molecule has 4 saturated carbocycles. The van der Waals surface area contributed by atoms with Gasteiger partial charge in [-0.2, -0.15) is 0 Å². The molecule has 0 aromatic rings. The number of allylic oxidation sites excluding steroid dienone is 2. The third-order valence-electron chi connectivity index (χ3n) is 16.7. The quantitative estimate of drug-likeness (QED) is 0.116. The van der Waals surface area contributed by atoms with Crippen molar-refractivity contribution in [2.24, 2.45) is 50.2 Å². The molecule has 54 heavy (non-hydrogen) atoms. The summed E-state index contributed by atoms with van der Waals surface area (Å²) in [6.45, 7) is 16.7. The Labute approximate surface area is 320 Å². The van der Waals surface area contributed by atoms with Crippen LogP contribution in [0.4, 0.5) is 0 Å². The molecule has 0 aromatic heterocycles. The van der Waals surface area contributed by atoms with Gasteiger partial charge in [-0.1, -0.05) is 60.1 Å². The van der Waals surface area contributed by atoms with Gasteiger partial charge in [0.15, 0.2) is 0 Å². The first-order chi connectivity index (χ1) is 25.0. The minimum atomic E-state index is -2.38. The van der Waals surface area contributed by atoms with E-state index in [4.69, 9.17) is 14.2 Å². The highest BCUT2D eigenvalue weighted by Gasteiger charge is 2.70. The number of amides is 1. The van der Waals surface area contributed by atoms with Crippen LogP contribution in [0.3, 0.4) is 0 Å². The van der Waals surface area contributed by atoms with Crippen molar-refractivity contribution in [3.05, 3.63) is 11.6 Å². The molecule has 6 rings (SSSR count). The summed E-state index contributed by atoms with van der Waals surface area (Å²) >= 11 is 0. The van der Waals surface area contributed by atoms with Crippen molar-refractivity contribution in [3.63, 3.8) is 0 Å². The molecule has 5 aliphatic carbocycles. The number of aliphatic carboxylic acids is 1. The Kier molecular flexibility index (Phi) is 10.6. The number of carboxylic acids is 1. The smallest absolute Gasteiger partial charge is 0.364 e. The zero-order valence-corrected chi connectivity index (χ0v) is 33.9. The summed E-state index contributed by atoms with van der Waals surface area (Å²) < 4.78 is 18.2. The molecular weight excluding hydrogens is 694 g/mol. The Morgan fingerprint density at radius 1 is 0.944 bits per heavy atom. The van der Waals surface area contributed by atoms with Crippen LogP contribution in [-0.4, -0.2) is 99.4 Å². The van der Waals surface area contributed by atoms with E-state index in [1.807, 2.05) is 0 Å². The maximum Gasteiger partial charge on any atom is 0.364 e. The number of hydrogen-bond donors (Lipinski definition) is 6. The zero-order valence-electron chi connectivity index (χ0n) is 33.9. The second kappa shape index (κ2) is 13.8. The van der Waals surface area contributed by atoms with Crippen LogP contribution in [0.2, 0.25) is 0 Å². The molecular formula is C42H67NO11. The van der Waals surface area contributed by atoms with Crippen LogP contribution >= 0.6 is 0 Å². The molecule has 1 heterocycles. The monoisotopic (exact) mass is 761 g/mol. The zero-order chi connectivity index (χ0) is 40.0. The van der Waals surface area contributed by atoms with Gasteiger partial charge in [-0.3, -0.25) is 9.59 Å². The van der Waals surface area contributed by atoms with Crippen molar-refractivity contribution in [2.75, 3.05) is 13.7 Å². The van der Waals surface area contributed by atoms with E-state index >= 15 is 0 Å². The van der Waals surface area contributed by atoms with Crippen molar-refractivity contribution in [2.45, 2.75) is 168 Å². The van der Waals surface area contributed by atoms with Gasteiger partial charge in [0.25, 0.3) is 5.79 Å². The molecule has 0 aromatic carbocycles. The van der Waals surface area contributed by atoms with E-state index in [-0.39, 0.29) is 39.5 Å². The predicted molar refractivity (Wildman–Crippen MR) is 198 cm³/mol.